The summed E-state index contributed by atoms with van der Waals surface area (Å²) < 4.78 is 5.55. The van der Waals surface area contributed by atoms with Crippen LogP contribution in [0.2, 0.25) is 0 Å². The van der Waals surface area contributed by atoms with Gasteiger partial charge in [-0.15, -0.1) is 0 Å². The van der Waals surface area contributed by atoms with E-state index in [9.17, 15) is 4.79 Å². The number of hydrogen-bond acceptors (Lipinski definition) is 6. The number of nitriles is 1. The van der Waals surface area contributed by atoms with Crippen LogP contribution in [0.1, 0.15) is 27.5 Å². The molecule has 132 valence electrons. The van der Waals surface area contributed by atoms with Gasteiger partial charge in [-0.2, -0.15) is 10.4 Å². The zero-order valence-corrected chi connectivity index (χ0v) is 14.6. The normalized spacial score (nSPS) is 10.7. The number of pyridine rings is 1. The van der Waals surface area contributed by atoms with E-state index < -0.39 is 0 Å². The molecule has 1 amide bonds. The summed E-state index contributed by atoms with van der Waals surface area (Å²) in [6.07, 6.45) is 2.99. The molecule has 2 N–H and O–H groups in total. The van der Waals surface area contributed by atoms with E-state index in [1.807, 2.05) is 18.2 Å². The van der Waals surface area contributed by atoms with Crippen LogP contribution < -0.4 is 5.32 Å². The lowest BCUT2D eigenvalue weighted by molar-refractivity contribution is 0.102. The van der Waals surface area contributed by atoms with E-state index in [1.165, 1.54) is 6.20 Å². The molecule has 0 radical (unpaired) electrons. The Labute approximate surface area is 153 Å². The third-order valence-electron chi connectivity index (χ3n) is 4.10. The van der Waals surface area contributed by atoms with Gasteiger partial charge < -0.3 is 9.73 Å². The van der Waals surface area contributed by atoms with Gasteiger partial charge in [-0.05, 0) is 36.8 Å². The van der Waals surface area contributed by atoms with Crippen molar-refractivity contribution in [2.45, 2.75) is 13.8 Å². The van der Waals surface area contributed by atoms with E-state index >= 15 is 0 Å². The molecule has 1 aromatic carbocycles. The topological polar surface area (TPSA) is 120 Å². The Morgan fingerprint density at radius 3 is 2.78 bits per heavy atom. The molecule has 0 bridgehead atoms. The van der Waals surface area contributed by atoms with Crippen LogP contribution >= 0.6 is 0 Å². The van der Waals surface area contributed by atoms with Crippen LogP contribution in [0, 0.1) is 25.2 Å². The van der Waals surface area contributed by atoms with Crippen molar-refractivity contribution in [1.29, 1.82) is 5.26 Å². The van der Waals surface area contributed by atoms with Crippen LogP contribution in [0.3, 0.4) is 0 Å². The van der Waals surface area contributed by atoms with Crippen LogP contribution in [-0.2, 0) is 0 Å². The van der Waals surface area contributed by atoms with Crippen molar-refractivity contribution >= 4 is 22.5 Å². The lowest BCUT2D eigenvalue weighted by atomic mass is 10.1. The van der Waals surface area contributed by atoms with E-state index in [0.717, 1.165) is 10.9 Å². The van der Waals surface area contributed by atoms with E-state index in [4.69, 9.17) is 9.68 Å². The number of carbonyl (C=O) groups is 1. The SMILES string of the molecule is Cc1ncc(-c2n[nH]c3ccc(NC(=O)c4ncc(C#N)cc4C)cc23)o1. The number of fused-ring (bicyclic) bond motifs is 1. The summed E-state index contributed by atoms with van der Waals surface area (Å²) in [5, 5.41) is 19.8. The zero-order chi connectivity index (χ0) is 19.0. The first-order valence-corrected chi connectivity index (χ1v) is 8.14. The third-order valence-corrected chi connectivity index (χ3v) is 4.10. The molecular weight excluding hydrogens is 344 g/mol. The van der Waals surface area contributed by atoms with Crippen LogP contribution in [0.4, 0.5) is 5.69 Å². The molecule has 27 heavy (non-hydrogen) atoms. The maximum absolute atomic E-state index is 12.6. The highest BCUT2D eigenvalue weighted by Gasteiger charge is 2.15. The first-order chi connectivity index (χ1) is 13.0. The second kappa shape index (κ2) is 6.38. The summed E-state index contributed by atoms with van der Waals surface area (Å²) in [6.45, 7) is 3.50. The monoisotopic (exact) mass is 358 g/mol. The minimum absolute atomic E-state index is 0.271. The molecule has 0 saturated heterocycles. The van der Waals surface area contributed by atoms with Gasteiger partial charge in [-0.25, -0.2) is 9.97 Å². The van der Waals surface area contributed by atoms with E-state index in [2.05, 4.69) is 25.5 Å². The molecule has 4 aromatic rings. The van der Waals surface area contributed by atoms with Gasteiger partial charge in [0.15, 0.2) is 11.7 Å². The Morgan fingerprint density at radius 2 is 2.07 bits per heavy atom. The van der Waals surface area contributed by atoms with Crippen LogP contribution in [-0.4, -0.2) is 26.1 Å². The third kappa shape index (κ3) is 3.02. The maximum atomic E-state index is 12.6. The van der Waals surface area contributed by atoms with Crippen molar-refractivity contribution < 1.29 is 9.21 Å². The number of oxazole rings is 1. The van der Waals surface area contributed by atoms with Gasteiger partial charge in [-0.3, -0.25) is 9.89 Å². The number of rotatable bonds is 3. The summed E-state index contributed by atoms with van der Waals surface area (Å²) in [5.74, 6) is 0.747. The van der Waals surface area contributed by atoms with Gasteiger partial charge in [-0.1, -0.05) is 0 Å². The van der Waals surface area contributed by atoms with Gasteiger partial charge in [0, 0.05) is 24.2 Å². The van der Waals surface area contributed by atoms with Crippen LogP contribution in [0.15, 0.2) is 41.1 Å². The standard InChI is InChI=1S/C19H14N6O2/c1-10-5-12(7-20)8-22-17(10)19(26)23-13-3-4-15-14(6-13)18(25-24-15)16-9-21-11(2)27-16/h3-6,8-9H,1-2H3,(H,23,26)(H,24,25). The molecule has 0 saturated carbocycles. The predicted molar refractivity (Wildman–Crippen MR) is 98.0 cm³/mol. The number of nitrogens with zero attached hydrogens (tertiary/aromatic N) is 4. The minimum atomic E-state index is -0.350. The number of aromatic amines is 1. The zero-order valence-electron chi connectivity index (χ0n) is 14.6. The second-order valence-electron chi connectivity index (χ2n) is 6.03. The van der Waals surface area contributed by atoms with E-state index in [0.29, 0.717) is 34.2 Å². The van der Waals surface area contributed by atoms with Crippen molar-refractivity contribution in [3.05, 3.63) is 59.4 Å². The van der Waals surface area contributed by atoms with Gasteiger partial charge in [0.25, 0.3) is 5.91 Å². The van der Waals surface area contributed by atoms with Gasteiger partial charge >= 0.3 is 0 Å². The summed E-state index contributed by atoms with van der Waals surface area (Å²) >= 11 is 0. The van der Waals surface area contributed by atoms with E-state index in [-0.39, 0.29) is 11.6 Å². The van der Waals surface area contributed by atoms with Crippen molar-refractivity contribution in [2.75, 3.05) is 5.32 Å². The smallest absolute Gasteiger partial charge is 0.274 e. The Hall–Kier alpha value is -3.99. The molecule has 3 aromatic heterocycles. The Morgan fingerprint density at radius 1 is 1.22 bits per heavy atom. The average Bonchev–Trinajstić information content (AvgIpc) is 3.27. The predicted octanol–water partition coefficient (Wildman–Crippen LogP) is 3.35. The van der Waals surface area contributed by atoms with Gasteiger partial charge in [0.05, 0.1) is 17.3 Å². The lowest BCUT2D eigenvalue weighted by Crippen LogP contribution is -2.15. The Kier molecular flexibility index (Phi) is 3.90. The number of anilines is 1. The average molecular weight is 358 g/mol. The minimum Gasteiger partial charge on any atom is -0.439 e. The highest BCUT2D eigenvalue weighted by molar-refractivity contribution is 6.05. The van der Waals surface area contributed by atoms with Gasteiger partial charge in [0.2, 0.25) is 0 Å². The summed E-state index contributed by atoms with van der Waals surface area (Å²) in [5.41, 5.74) is 3.34. The number of amides is 1. The highest BCUT2D eigenvalue weighted by atomic mass is 16.4. The number of hydrogen-bond donors (Lipinski definition) is 2. The Balaban J connectivity index is 1.66. The molecular formula is C19H14N6O2. The molecule has 8 heteroatoms. The number of H-pyrrole nitrogens is 1. The molecule has 0 spiro atoms. The molecule has 0 unspecified atom stereocenters. The molecule has 8 nitrogen and oxygen atoms in total. The number of aromatic nitrogens is 4. The summed E-state index contributed by atoms with van der Waals surface area (Å²) in [6, 6.07) is 9.04. The molecule has 0 aliphatic carbocycles. The number of carbonyl (C=O) groups excluding carboxylic acids is 1. The number of benzene rings is 1. The first-order valence-electron chi connectivity index (χ1n) is 8.14. The molecule has 4 rings (SSSR count). The fraction of sp³-hybridized carbons (Fsp3) is 0.105. The van der Waals surface area contributed by atoms with Crippen molar-refractivity contribution in [3.63, 3.8) is 0 Å². The molecule has 0 fully saturated rings. The molecule has 0 atom stereocenters. The maximum Gasteiger partial charge on any atom is 0.274 e. The van der Waals surface area contributed by atoms with Crippen LogP contribution in [0.25, 0.3) is 22.4 Å². The van der Waals surface area contributed by atoms with Crippen molar-refractivity contribution in [3.8, 4) is 17.5 Å². The summed E-state index contributed by atoms with van der Waals surface area (Å²) in [7, 11) is 0. The number of aryl methyl sites for hydroxylation is 2. The largest absolute Gasteiger partial charge is 0.439 e. The Bertz CT molecular complexity index is 1210. The number of nitrogens with one attached hydrogen (secondary N) is 2. The molecule has 0 aliphatic heterocycles. The molecule has 0 aliphatic rings. The second-order valence-corrected chi connectivity index (χ2v) is 6.03. The first kappa shape index (κ1) is 16.5. The van der Waals surface area contributed by atoms with Gasteiger partial charge in [0.1, 0.15) is 17.5 Å². The lowest BCUT2D eigenvalue weighted by Gasteiger charge is -2.07. The fourth-order valence-corrected chi connectivity index (χ4v) is 2.81. The molecule has 3 heterocycles. The summed E-state index contributed by atoms with van der Waals surface area (Å²) in [4.78, 5) is 20.7. The van der Waals surface area contributed by atoms with E-state index in [1.54, 1.807) is 32.2 Å². The quantitative estimate of drug-likeness (QED) is 0.579. The van der Waals surface area contributed by atoms with Crippen molar-refractivity contribution in [2.24, 2.45) is 0 Å². The van der Waals surface area contributed by atoms with Crippen molar-refractivity contribution in [1.82, 2.24) is 20.2 Å². The highest BCUT2D eigenvalue weighted by Crippen LogP contribution is 2.29. The fourth-order valence-electron chi connectivity index (χ4n) is 2.81. The van der Waals surface area contributed by atoms with Crippen LogP contribution in [0.5, 0.6) is 0 Å².